The van der Waals surface area contributed by atoms with Crippen LogP contribution in [0.4, 0.5) is 5.69 Å². The second kappa shape index (κ2) is 6.06. The molecule has 1 amide bonds. The lowest BCUT2D eigenvalue weighted by atomic mass is 9.94. The van der Waals surface area contributed by atoms with Gasteiger partial charge in [-0.15, -0.1) is 0 Å². The van der Waals surface area contributed by atoms with E-state index in [1.54, 1.807) is 0 Å². The van der Waals surface area contributed by atoms with E-state index >= 15 is 0 Å². The highest BCUT2D eigenvalue weighted by molar-refractivity contribution is 5.87. The second-order valence-corrected chi connectivity index (χ2v) is 6.41. The van der Waals surface area contributed by atoms with Crippen molar-refractivity contribution in [3.05, 3.63) is 29.8 Å². The smallest absolute Gasteiger partial charge is 0.242 e. The van der Waals surface area contributed by atoms with Gasteiger partial charge in [0.2, 0.25) is 5.91 Å². The molecule has 0 spiro atoms. The standard InChI is InChI=1S/C17H24N2O2/c20-16(15-11-13-7-3-4-8-14(13)19-15)18-12-17(21)9-5-1-2-6-10-17/h3-4,7-8,15,19,21H,1-2,5-6,9-12H2,(H,18,20). The summed E-state index contributed by atoms with van der Waals surface area (Å²) in [6.45, 7) is 0.375. The maximum Gasteiger partial charge on any atom is 0.242 e. The van der Waals surface area contributed by atoms with Crippen LogP contribution in [0.3, 0.4) is 0 Å². The van der Waals surface area contributed by atoms with Gasteiger partial charge >= 0.3 is 0 Å². The molecule has 3 rings (SSSR count). The lowest BCUT2D eigenvalue weighted by Crippen LogP contribution is -2.47. The Labute approximate surface area is 125 Å². The van der Waals surface area contributed by atoms with Crippen molar-refractivity contribution in [2.75, 3.05) is 11.9 Å². The summed E-state index contributed by atoms with van der Waals surface area (Å²) < 4.78 is 0. The topological polar surface area (TPSA) is 61.4 Å². The zero-order valence-electron chi connectivity index (χ0n) is 12.4. The van der Waals surface area contributed by atoms with E-state index in [-0.39, 0.29) is 11.9 Å². The van der Waals surface area contributed by atoms with Crippen LogP contribution >= 0.6 is 0 Å². The van der Waals surface area contributed by atoms with E-state index in [2.05, 4.69) is 16.7 Å². The van der Waals surface area contributed by atoms with Crippen LogP contribution in [0.1, 0.15) is 44.1 Å². The Morgan fingerprint density at radius 1 is 1.24 bits per heavy atom. The number of anilines is 1. The number of rotatable bonds is 3. The molecule has 4 heteroatoms. The summed E-state index contributed by atoms with van der Waals surface area (Å²) in [5.74, 6) is -0.0103. The van der Waals surface area contributed by atoms with Crippen molar-refractivity contribution >= 4 is 11.6 Å². The van der Waals surface area contributed by atoms with Gasteiger partial charge in [0.1, 0.15) is 6.04 Å². The third-order valence-corrected chi connectivity index (χ3v) is 4.71. The minimum Gasteiger partial charge on any atom is -0.388 e. The Balaban J connectivity index is 1.53. The zero-order chi connectivity index (χ0) is 14.7. The molecule has 1 unspecified atom stereocenters. The minimum absolute atomic E-state index is 0.0103. The first-order valence-electron chi connectivity index (χ1n) is 8.01. The van der Waals surface area contributed by atoms with Gasteiger partial charge in [0.25, 0.3) is 0 Å². The number of hydrogen-bond donors (Lipinski definition) is 3. The predicted molar refractivity (Wildman–Crippen MR) is 83.2 cm³/mol. The predicted octanol–water partition coefficient (Wildman–Crippen LogP) is 2.22. The number of amides is 1. The number of carbonyl (C=O) groups excluding carboxylic acids is 1. The van der Waals surface area contributed by atoms with Crippen molar-refractivity contribution in [3.8, 4) is 0 Å². The molecule has 1 aromatic rings. The fourth-order valence-electron chi connectivity index (χ4n) is 3.39. The van der Waals surface area contributed by atoms with Crippen LogP contribution in [0.25, 0.3) is 0 Å². The molecular formula is C17H24N2O2. The van der Waals surface area contributed by atoms with E-state index in [0.717, 1.165) is 37.8 Å². The molecular weight excluding hydrogens is 264 g/mol. The van der Waals surface area contributed by atoms with E-state index in [1.165, 1.54) is 18.4 Å². The van der Waals surface area contributed by atoms with Crippen molar-refractivity contribution in [1.82, 2.24) is 5.32 Å². The van der Waals surface area contributed by atoms with Gasteiger partial charge in [0, 0.05) is 18.7 Å². The van der Waals surface area contributed by atoms with Crippen LogP contribution in [-0.2, 0) is 11.2 Å². The van der Waals surface area contributed by atoms with Crippen LogP contribution in [0.15, 0.2) is 24.3 Å². The molecule has 0 saturated heterocycles. The van der Waals surface area contributed by atoms with Crippen LogP contribution in [0.2, 0.25) is 0 Å². The summed E-state index contributed by atoms with van der Waals surface area (Å²) in [4.78, 5) is 12.3. The molecule has 3 N–H and O–H groups in total. The zero-order valence-corrected chi connectivity index (χ0v) is 12.4. The highest BCUT2D eigenvalue weighted by atomic mass is 16.3. The summed E-state index contributed by atoms with van der Waals surface area (Å²) in [5, 5.41) is 16.8. The first-order chi connectivity index (χ1) is 10.2. The summed E-state index contributed by atoms with van der Waals surface area (Å²) in [6.07, 6.45) is 6.81. The Morgan fingerprint density at radius 2 is 1.95 bits per heavy atom. The molecule has 0 aromatic heterocycles. The average Bonchev–Trinajstić information content (AvgIpc) is 2.81. The van der Waals surface area contributed by atoms with Crippen molar-refractivity contribution < 1.29 is 9.90 Å². The fourth-order valence-corrected chi connectivity index (χ4v) is 3.39. The van der Waals surface area contributed by atoms with Gasteiger partial charge in [-0.2, -0.15) is 0 Å². The van der Waals surface area contributed by atoms with Gasteiger partial charge < -0.3 is 15.7 Å². The summed E-state index contributed by atoms with van der Waals surface area (Å²) in [5.41, 5.74) is 1.52. The Bertz CT molecular complexity index is 482. The number of fused-ring (bicyclic) bond motifs is 1. The van der Waals surface area contributed by atoms with Crippen molar-refractivity contribution in [1.29, 1.82) is 0 Å². The first kappa shape index (κ1) is 14.4. The SMILES string of the molecule is O=C(NCC1(O)CCCCCC1)C1Cc2ccccc2N1. The van der Waals surface area contributed by atoms with E-state index < -0.39 is 5.60 Å². The second-order valence-electron chi connectivity index (χ2n) is 6.41. The minimum atomic E-state index is -0.711. The maximum atomic E-state index is 12.3. The number of benzene rings is 1. The largest absolute Gasteiger partial charge is 0.388 e. The monoisotopic (exact) mass is 288 g/mol. The third-order valence-electron chi connectivity index (χ3n) is 4.71. The number of hydrogen-bond acceptors (Lipinski definition) is 3. The molecule has 0 radical (unpaired) electrons. The normalized spacial score (nSPS) is 23.8. The molecule has 1 heterocycles. The van der Waals surface area contributed by atoms with Crippen LogP contribution in [0, 0.1) is 0 Å². The first-order valence-corrected chi connectivity index (χ1v) is 8.01. The number of para-hydroxylation sites is 1. The Hall–Kier alpha value is -1.55. The summed E-state index contributed by atoms with van der Waals surface area (Å²) >= 11 is 0. The van der Waals surface area contributed by atoms with Gasteiger partial charge in [-0.25, -0.2) is 0 Å². The van der Waals surface area contributed by atoms with Gasteiger partial charge in [0.05, 0.1) is 5.60 Å². The van der Waals surface area contributed by atoms with E-state index in [0.29, 0.717) is 6.54 Å². The molecule has 114 valence electrons. The number of carbonyl (C=O) groups is 1. The van der Waals surface area contributed by atoms with Crippen LogP contribution in [0.5, 0.6) is 0 Å². The molecule has 1 atom stereocenters. The van der Waals surface area contributed by atoms with Crippen LogP contribution < -0.4 is 10.6 Å². The highest BCUT2D eigenvalue weighted by Gasteiger charge is 2.31. The fraction of sp³-hybridized carbons (Fsp3) is 0.588. The van der Waals surface area contributed by atoms with Gasteiger partial charge in [-0.1, -0.05) is 43.9 Å². The molecule has 1 aromatic carbocycles. The number of nitrogens with one attached hydrogen (secondary N) is 2. The summed E-state index contributed by atoms with van der Waals surface area (Å²) in [7, 11) is 0. The van der Waals surface area contributed by atoms with Crippen molar-refractivity contribution in [2.45, 2.75) is 56.6 Å². The molecule has 1 fully saturated rings. The average molecular weight is 288 g/mol. The Kier molecular flexibility index (Phi) is 4.15. The Morgan fingerprint density at radius 3 is 2.67 bits per heavy atom. The molecule has 0 bridgehead atoms. The lowest BCUT2D eigenvalue weighted by Gasteiger charge is -2.27. The maximum absolute atomic E-state index is 12.3. The third kappa shape index (κ3) is 3.38. The molecule has 2 aliphatic rings. The molecule has 1 saturated carbocycles. The van der Waals surface area contributed by atoms with E-state index in [1.807, 2.05) is 18.2 Å². The van der Waals surface area contributed by atoms with Crippen molar-refractivity contribution in [2.24, 2.45) is 0 Å². The van der Waals surface area contributed by atoms with E-state index in [9.17, 15) is 9.90 Å². The summed E-state index contributed by atoms with van der Waals surface area (Å²) in [6, 6.07) is 7.81. The van der Waals surface area contributed by atoms with E-state index in [4.69, 9.17) is 0 Å². The molecule has 21 heavy (non-hydrogen) atoms. The molecule has 4 nitrogen and oxygen atoms in total. The number of aliphatic hydroxyl groups is 1. The molecule has 1 aliphatic heterocycles. The van der Waals surface area contributed by atoms with Crippen molar-refractivity contribution in [3.63, 3.8) is 0 Å². The lowest BCUT2D eigenvalue weighted by molar-refractivity contribution is -0.123. The van der Waals surface area contributed by atoms with Crippen LogP contribution in [-0.4, -0.2) is 29.2 Å². The highest BCUT2D eigenvalue weighted by Crippen LogP contribution is 2.27. The van der Waals surface area contributed by atoms with Gasteiger partial charge in [-0.05, 0) is 24.5 Å². The molecule has 1 aliphatic carbocycles. The quantitative estimate of drug-likeness (QED) is 0.747. The van der Waals surface area contributed by atoms with Gasteiger partial charge in [0.15, 0.2) is 0 Å². The van der Waals surface area contributed by atoms with Gasteiger partial charge in [-0.3, -0.25) is 4.79 Å².